The molecule has 0 saturated carbocycles. The molecule has 12 atom stereocenters. The van der Waals surface area contributed by atoms with Gasteiger partial charge in [0.2, 0.25) is 5.91 Å². The lowest BCUT2D eigenvalue weighted by Gasteiger charge is -2.46. The number of carbonyl (C=O) groups excluding carboxylic acids is 1. The van der Waals surface area contributed by atoms with Gasteiger partial charge in [-0.3, -0.25) is 4.79 Å². The highest BCUT2D eigenvalue weighted by Crippen LogP contribution is 2.30. The summed E-state index contributed by atoms with van der Waals surface area (Å²) in [5, 5.41) is 87.0. The molecular weight excluding hydrogens is 1060 g/mol. The van der Waals surface area contributed by atoms with Crippen LogP contribution in [0.2, 0.25) is 0 Å². The highest BCUT2D eigenvalue weighted by molar-refractivity contribution is 5.76. The van der Waals surface area contributed by atoms with Crippen LogP contribution in [0.3, 0.4) is 0 Å². The summed E-state index contributed by atoms with van der Waals surface area (Å²) in [7, 11) is 0. The second kappa shape index (κ2) is 54.6. The van der Waals surface area contributed by atoms with Crippen molar-refractivity contribution in [1.82, 2.24) is 5.32 Å². The van der Waals surface area contributed by atoms with Gasteiger partial charge in [-0.05, 0) is 70.6 Å². The molecule has 0 bridgehead atoms. The number of ether oxygens (including phenoxy) is 4. The number of carbonyl (C=O) groups is 1. The van der Waals surface area contributed by atoms with Crippen LogP contribution in [0, 0.1) is 0 Å². The van der Waals surface area contributed by atoms with E-state index in [0.29, 0.717) is 12.8 Å². The molecule has 2 rings (SSSR count). The quantitative estimate of drug-likeness (QED) is 0.0204. The van der Waals surface area contributed by atoms with Gasteiger partial charge in [-0.1, -0.05) is 267 Å². The first-order valence-electron chi connectivity index (χ1n) is 34.2. The summed E-state index contributed by atoms with van der Waals surface area (Å²) < 4.78 is 22.7. The maximum absolute atomic E-state index is 13.3. The number of hydrogen-bond acceptors (Lipinski definition) is 13. The number of nitrogens with one attached hydrogen (secondary N) is 1. The number of unbranched alkanes of at least 4 members (excludes halogenated alkanes) is 32. The van der Waals surface area contributed by atoms with Crippen LogP contribution in [0.25, 0.3) is 0 Å². The Bertz CT molecular complexity index is 1690. The standard InChI is InChI=1S/C70H125NO13/c1-3-5-7-9-11-13-15-16-17-18-19-20-21-22-23-24-25-26-27-28-29-30-31-32-33-34-35-36-37-38-39-40-41-42-44-46-48-50-52-54-62(75)71-58(59(74)53-51-49-47-45-43-14-12-10-8-6-4-2)57-81-69-67(80)65(78)68(61(56-73)83-69)84-70-66(79)64(77)63(76)60(55-72)82-70/h5,7,11,13,16-17,19-20,43,45,51,53,58-61,63-70,72-74,76-80H,3-4,6,8-10,12,14-15,18,21-42,44,46-50,52,54-57H2,1-2H3,(H,71,75)/b7-5-,13-11-,17-16-,20-19-,45-43+,53-51+. The maximum atomic E-state index is 13.3. The first kappa shape index (κ1) is 77.5. The third-order valence-corrected chi connectivity index (χ3v) is 16.4. The zero-order valence-electron chi connectivity index (χ0n) is 52.9. The van der Waals surface area contributed by atoms with Crippen LogP contribution in [-0.4, -0.2) is 140 Å². The summed E-state index contributed by atoms with van der Waals surface area (Å²) >= 11 is 0. The molecule has 488 valence electrons. The van der Waals surface area contributed by atoms with E-state index >= 15 is 0 Å². The highest BCUT2D eigenvalue weighted by atomic mass is 16.7. The zero-order chi connectivity index (χ0) is 60.9. The fraction of sp³-hybridized carbons (Fsp3) is 0.814. The van der Waals surface area contributed by atoms with Crippen molar-refractivity contribution in [2.75, 3.05) is 19.8 Å². The van der Waals surface area contributed by atoms with Crippen LogP contribution in [0.5, 0.6) is 0 Å². The van der Waals surface area contributed by atoms with E-state index in [1.807, 2.05) is 6.08 Å². The molecule has 12 unspecified atom stereocenters. The monoisotopic (exact) mass is 1190 g/mol. The van der Waals surface area contributed by atoms with E-state index in [0.717, 1.165) is 57.8 Å². The molecule has 9 N–H and O–H groups in total. The van der Waals surface area contributed by atoms with Crippen LogP contribution in [-0.2, 0) is 23.7 Å². The van der Waals surface area contributed by atoms with Crippen molar-refractivity contribution < 1.29 is 64.6 Å². The molecule has 0 aliphatic carbocycles. The Labute approximate surface area is 510 Å². The van der Waals surface area contributed by atoms with Gasteiger partial charge >= 0.3 is 0 Å². The molecule has 0 aromatic heterocycles. The van der Waals surface area contributed by atoms with E-state index in [4.69, 9.17) is 18.9 Å². The minimum absolute atomic E-state index is 0.248. The molecule has 14 heteroatoms. The van der Waals surface area contributed by atoms with E-state index < -0.39 is 86.8 Å². The molecule has 0 aromatic rings. The average Bonchev–Trinajstić information content (AvgIpc) is 3.59. The maximum Gasteiger partial charge on any atom is 0.220 e. The van der Waals surface area contributed by atoms with Gasteiger partial charge in [-0.2, -0.15) is 0 Å². The van der Waals surface area contributed by atoms with Crippen molar-refractivity contribution in [3.63, 3.8) is 0 Å². The van der Waals surface area contributed by atoms with Gasteiger partial charge in [0, 0.05) is 6.42 Å². The third kappa shape index (κ3) is 38.7. The molecular formula is C70H125NO13. The largest absolute Gasteiger partial charge is 0.394 e. The van der Waals surface area contributed by atoms with Crippen molar-refractivity contribution in [3.05, 3.63) is 72.9 Å². The molecule has 2 aliphatic heterocycles. The summed E-state index contributed by atoms with van der Waals surface area (Å²) in [6.07, 6.45) is 57.2. The summed E-state index contributed by atoms with van der Waals surface area (Å²) in [6.45, 7) is 2.64. The number of hydrogen-bond donors (Lipinski definition) is 9. The lowest BCUT2D eigenvalue weighted by Crippen LogP contribution is -2.65. The Balaban J connectivity index is 1.54. The van der Waals surface area contributed by atoms with Gasteiger partial charge in [-0.25, -0.2) is 0 Å². The van der Waals surface area contributed by atoms with Crippen LogP contribution in [0.4, 0.5) is 0 Å². The van der Waals surface area contributed by atoms with Gasteiger partial charge in [-0.15, -0.1) is 0 Å². The second-order valence-corrected chi connectivity index (χ2v) is 23.9. The Morgan fingerprint density at radius 2 is 0.833 bits per heavy atom. The van der Waals surface area contributed by atoms with Crippen LogP contribution < -0.4 is 5.32 Å². The fourth-order valence-corrected chi connectivity index (χ4v) is 10.9. The number of amides is 1. The molecule has 1 amide bonds. The van der Waals surface area contributed by atoms with Crippen LogP contribution in [0.1, 0.15) is 271 Å². The first-order valence-corrected chi connectivity index (χ1v) is 34.2. The predicted molar refractivity (Wildman–Crippen MR) is 341 cm³/mol. The third-order valence-electron chi connectivity index (χ3n) is 16.4. The number of aliphatic hydroxyl groups excluding tert-OH is 8. The van der Waals surface area contributed by atoms with E-state index in [1.54, 1.807) is 6.08 Å². The smallest absolute Gasteiger partial charge is 0.220 e. The van der Waals surface area contributed by atoms with Gasteiger partial charge < -0.3 is 65.1 Å². The molecule has 0 spiro atoms. The van der Waals surface area contributed by atoms with E-state index in [9.17, 15) is 45.6 Å². The van der Waals surface area contributed by atoms with Crippen molar-refractivity contribution >= 4 is 5.91 Å². The second-order valence-electron chi connectivity index (χ2n) is 23.9. The van der Waals surface area contributed by atoms with Crippen molar-refractivity contribution in [2.45, 2.75) is 344 Å². The van der Waals surface area contributed by atoms with Crippen molar-refractivity contribution in [1.29, 1.82) is 0 Å². The van der Waals surface area contributed by atoms with Crippen LogP contribution >= 0.6 is 0 Å². The topological polar surface area (TPSA) is 228 Å². The molecule has 2 fully saturated rings. The van der Waals surface area contributed by atoms with Crippen LogP contribution in [0.15, 0.2) is 72.9 Å². The van der Waals surface area contributed by atoms with Gasteiger partial charge in [0.25, 0.3) is 0 Å². The number of aliphatic hydroxyl groups is 8. The Hall–Kier alpha value is -2.57. The summed E-state index contributed by atoms with van der Waals surface area (Å²) in [4.78, 5) is 13.3. The van der Waals surface area contributed by atoms with Gasteiger partial charge in [0.1, 0.15) is 48.8 Å². The zero-order valence-corrected chi connectivity index (χ0v) is 52.9. The minimum Gasteiger partial charge on any atom is -0.394 e. The molecule has 84 heavy (non-hydrogen) atoms. The van der Waals surface area contributed by atoms with Crippen molar-refractivity contribution in [3.8, 4) is 0 Å². The SMILES string of the molecule is CC/C=C\C/C=C\C/C=C\C/C=C\CCCCCCCCCCCCCCCCCCCCCCCCCCCCC(=O)NC(COC1OC(CO)C(OC2OC(CO)C(O)C(O)C2O)C(O)C1O)C(O)/C=C/CC/C=C/CCCCCCC. The lowest BCUT2D eigenvalue weighted by atomic mass is 9.97. The fourth-order valence-electron chi connectivity index (χ4n) is 10.9. The Kier molecular flexibility index (Phi) is 50.4. The summed E-state index contributed by atoms with van der Waals surface area (Å²) in [5.74, 6) is -0.248. The Morgan fingerprint density at radius 1 is 0.440 bits per heavy atom. The van der Waals surface area contributed by atoms with Crippen molar-refractivity contribution in [2.24, 2.45) is 0 Å². The highest BCUT2D eigenvalue weighted by Gasteiger charge is 2.51. The molecule has 0 radical (unpaired) electrons. The summed E-state index contributed by atoms with van der Waals surface area (Å²) in [6, 6.07) is -0.930. The predicted octanol–water partition coefficient (Wildman–Crippen LogP) is 13.5. The molecule has 2 saturated heterocycles. The number of allylic oxidation sites excluding steroid dienone is 11. The number of rotatable bonds is 55. The first-order chi connectivity index (χ1) is 41.1. The molecule has 0 aromatic carbocycles. The normalized spacial score (nSPS) is 24.1. The molecule has 2 aliphatic rings. The molecule has 14 nitrogen and oxygen atoms in total. The Morgan fingerprint density at radius 3 is 1.31 bits per heavy atom. The van der Waals surface area contributed by atoms with Gasteiger partial charge in [0.15, 0.2) is 12.6 Å². The molecule has 2 heterocycles. The van der Waals surface area contributed by atoms with Gasteiger partial charge in [0.05, 0.1) is 32.0 Å². The summed E-state index contributed by atoms with van der Waals surface area (Å²) in [5.41, 5.74) is 0. The van der Waals surface area contributed by atoms with E-state index in [2.05, 4.69) is 79.9 Å². The lowest BCUT2D eigenvalue weighted by molar-refractivity contribution is -0.359. The average molecular weight is 1190 g/mol. The minimum atomic E-state index is -1.79. The van der Waals surface area contributed by atoms with E-state index in [-0.39, 0.29) is 18.9 Å². The van der Waals surface area contributed by atoms with E-state index in [1.165, 1.54) is 180 Å².